The quantitative estimate of drug-likeness (QED) is 0.526. The van der Waals surface area contributed by atoms with Gasteiger partial charge >= 0.3 is 0 Å². The van der Waals surface area contributed by atoms with Gasteiger partial charge in [-0.15, -0.1) is 11.3 Å². The van der Waals surface area contributed by atoms with Gasteiger partial charge in [0.2, 0.25) is 0 Å². The van der Waals surface area contributed by atoms with E-state index in [9.17, 15) is 0 Å². The van der Waals surface area contributed by atoms with Gasteiger partial charge in [0.25, 0.3) is 0 Å². The highest BCUT2D eigenvalue weighted by Crippen LogP contribution is 2.10. The van der Waals surface area contributed by atoms with Gasteiger partial charge in [0, 0.05) is 0 Å². The molecule has 3 heteroatoms. The summed E-state index contributed by atoms with van der Waals surface area (Å²) in [5, 5.41) is 4.20. The van der Waals surface area contributed by atoms with Gasteiger partial charge in [-0.05, 0) is 6.92 Å². The zero-order valence-electron chi connectivity index (χ0n) is 3.73. The van der Waals surface area contributed by atoms with Gasteiger partial charge in [0.15, 0.2) is 0 Å². The minimum atomic E-state index is 0.475. The number of rotatable bonds is 0. The maximum absolute atomic E-state index is 5.40. The van der Waals surface area contributed by atoms with E-state index in [0.29, 0.717) is 5.15 Å². The lowest BCUT2D eigenvalue weighted by Crippen LogP contribution is -1.61. The lowest BCUT2D eigenvalue weighted by atomic mass is 10.8. The van der Waals surface area contributed by atoms with Crippen molar-refractivity contribution in [3.05, 3.63) is 15.5 Å². The molecule has 0 atom stereocenters. The van der Waals surface area contributed by atoms with Gasteiger partial charge in [0.1, 0.15) is 5.15 Å². The van der Waals surface area contributed by atoms with E-state index in [1.54, 1.807) is 0 Å². The summed E-state index contributed by atoms with van der Waals surface area (Å²) >= 11 is 6.84. The smallest absolute Gasteiger partial charge is 0.149 e. The van der Waals surface area contributed by atoms with Gasteiger partial charge in [-0.25, -0.2) is 4.98 Å². The second kappa shape index (κ2) is 1.80. The summed E-state index contributed by atoms with van der Waals surface area (Å²) in [7, 11) is 0. The molecule has 0 saturated heterocycles. The Morgan fingerprint density at radius 3 is 2.71 bits per heavy atom. The molecule has 0 fully saturated rings. The molecule has 0 bridgehead atoms. The van der Waals surface area contributed by atoms with Crippen molar-refractivity contribution in [2.75, 3.05) is 0 Å². The Bertz CT molecular complexity index is 144. The van der Waals surface area contributed by atoms with Crippen LogP contribution in [-0.4, -0.2) is 4.98 Å². The minimum absolute atomic E-state index is 0.475. The second-order valence-corrected chi connectivity index (χ2v) is 2.48. The molecule has 0 aliphatic carbocycles. The Morgan fingerprint density at radius 2 is 2.57 bits per heavy atom. The molecule has 7 heavy (non-hydrogen) atoms. The summed E-state index contributed by atoms with van der Waals surface area (Å²) in [6.07, 6.45) is 0. The molecule has 0 aliphatic heterocycles. The molecule has 0 aliphatic rings. The maximum atomic E-state index is 5.40. The van der Waals surface area contributed by atoms with Crippen molar-refractivity contribution < 1.29 is 0 Å². The third-order valence-electron chi connectivity index (χ3n) is 0.539. The summed E-state index contributed by atoms with van der Waals surface area (Å²) in [5.41, 5.74) is 0. The maximum Gasteiger partial charge on any atom is 0.149 e. The van der Waals surface area contributed by atoms with Crippen LogP contribution in [0.2, 0.25) is 5.15 Å². The van der Waals surface area contributed by atoms with Crippen LogP contribution in [0.3, 0.4) is 0 Å². The van der Waals surface area contributed by atoms with Crippen LogP contribution in [0.4, 0.5) is 0 Å². The average molecular weight is 133 g/mol. The number of hydrogen-bond donors (Lipinski definition) is 0. The number of hydrogen-bond acceptors (Lipinski definition) is 2. The molecule has 0 amide bonds. The molecule has 0 unspecified atom stereocenters. The van der Waals surface area contributed by atoms with Crippen LogP contribution in [0.1, 0.15) is 5.01 Å². The van der Waals surface area contributed by atoms with Gasteiger partial charge in [0.05, 0.1) is 10.4 Å². The summed E-state index contributed by atoms with van der Waals surface area (Å²) in [6, 6.07) is 0. The van der Waals surface area contributed by atoms with E-state index in [1.807, 2.05) is 6.92 Å². The summed E-state index contributed by atoms with van der Waals surface area (Å²) < 4.78 is 0. The van der Waals surface area contributed by atoms with Gasteiger partial charge < -0.3 is 0 Å². The summed E-state index contributed by atoms with van der Waals surface area (Å²) in [4.78, 5) is 3.84. The SMILES string of the molecule is Cc1nc(Cl)[c]s1. The fourth-order valence-corrected chi connectivity index (χ4v) is 1.01. The molecule has 1 rings (SSSR count). The highest BCUT2D eigenvalue weighted by atomic mass is 35.5. The Kier molecular flexibility index (Phi) is 1.30. The number of aromatic nitrogens is 1. The lowest BCUT2D eigenvalue weighted by Gasteiger charge is -1.68. The predicted molar refractivity (Wildman–Crippen MR) is 30.7 cm³/mol. The third kappa shape index (κ3) is 1.14. The summed E-state index contributed by atoms with van der Waals surface area (Å²) in [6.45, 7) is 1.90. The zero-order chi connectivity index (χ0) is 5.28. The van der Waals surface area contributed by atoms with E-state index in [0.717, 1.165) is 5.01 Å². The van der Waals surface area contributed by atoms with Crippen molar-refractivity contribution in [2.45, 2.75) is 6.92 Å². The Labute approximate surface area is 51.0 Å². The van der Waals surface area contributed by atoms with Crippen molar-refractivity contribution in [3.63, 3.8) is 0 Å². The number of aryl methyl sites for hydroxylation is 1. The van der Waals surface area contributed by atoms with E-state index in [1.165, 1.54) is 11.3 Å². The van der Waals surface area contributed by atoms with Crippen LogP contribution in [0.25, 0.3) is 0 Å². The molecular formula is C4H3ClNS. The molecule has 1 radical (unpaired) electrons. The van der Waals surface area contributed by atoms with E-state index in [4.69, 9.17) is 11.6 Å². The molecule has 0 saturated carbocycles. The first-order chi connectivity index (χ1) is 3.29. The normalized spacial score (nSPS) is 9.43. The molecule has 1 nitrogen and oxygen atoms in total. The van der Waals surface area contributed by atoms with Crippen LogP contribution in [0.15, 0.2) is 0 Å². The first kappa shape index (κ1) is 5.06. The van der Waals surface area contributed by atoms with Gasteiger partial charge in [-0.1, -0.05) is 11.6 Å². The molecule has 1 heterocycles. The van der Waals surface area contributed by atoms with Crippen LogP contribution in [-0.2, 0) is 0 Å². The minimum Gasteiger partial charge on any atom is -0.229 e. The molecule has 0 aromatic carbocycles. The molecule has 1 aromatic rings. The third-order valence-corrected chi connectivity index (χ3v) is 1.51. The second-order valence-electron chi connectivity index (χ2n) is 1.13. The number of thiazole rings is 1. The van der Waals surface area contributed by atoms with E-state index >= 15 is 0 Å². The van der Waals surface area contributed by atoms with E-state index in [2.05, 4.69) is 10.4 Å². The molecule has 37 valence electrons. The van der Waals surface area contributed by atoms with E-state index in [-0.39, 0.29) is 0 Å². The first-order valence-electron chi connectivity index (χ1n) is 1.79. The van der Waals surface area contributed by atoms with E-state index < -0.39 is 0 Å². The van der Waals surface area contributed by atoms with Crippen molar-refractivity contribution in [1.29, 1.82) is 0 Å². The van der Waals surface area contributed by atoms with Crippen molar-refractivity contribution in [2.24, 2.45) is 0 Å². The number of nitrogens with zero attached hydrogens (tertiary/aromatic N) is 1. The van der Waals surface area contributed by atoms with Crippen LogP contribution in [0, 0.1) is 12.3 Å². The van der Waals surface area contributed by atoms with Crippen molar-refractivity contribution >= 4 is 22.9 Å². The zero-order valence-corrected chi connectivity index (χ0v) is 5.31. The highest BCUT2D eigenvalue weighted by molar-refractivity contribution is 7.09. The molecule has 0 spiro atoms. The van der Waals surface area contributed by atoms with Crippen molar-refractivity contribution in [3.8, 4) is 0 Å². The number of halogens is 1. The Morgan fingerprint density at radius 1 is 1.86 bits per heavy atom. The topological polar surface area (TPSA) is 12.9 Å². The van der Waals surface area contributed by atoms with Gasteiger partial charge in [-0.2, -0.15) is 0 Å². The molecule has 1 aromatic heterocycles. The van der Waals surface area contributed by atoms with Crippen LogP contribution < -0.4 is 0 Å². The predicted octanol–water partition coefficient (Wildman–Crippen LogP) is 1.91. The largest absolute Gasteiger partial charge is 0.229 e. The first-order valence-corrected chi connectivity index (χ1v) is 2.99. The Balaban J connectivity index is 3.04. The average Bonchev–Trinajstić information content (AvgIpc) is 1.87. The fraction of sp³-hybridized carbons (Fsp3) is 0.250. The van der Waals surface area contributed by atoms with Crippen LogP contribution in [0.5, 0.6) is 0 Å². The van der Waals surface area contributed by atoms with Crippen molar-refractivity contribution in [1.82, 2.24) is 4.98 Å². The lowest BCUT2D eigenvalue weighted by molar-refractivity contribution is 1.30. The monoisotopic (exact) mass is 132 g/mol. The highest BCUT2D eigenvalue weighted by Gasteiger charge is 1.89. The standard InChI is InChI=1S/C4H3ClNS/c1-3-6-4(5)2-7-3/h1H3. The fourth-order valence-electron chi connectivity index (χ4n) is 0.300. The molecular weight excluding hydrogens is 130 g/mol. The summed E-state index contributed by atoms with van der Waals surface area (Å²) in [5.74, 6) is 0. The van der Waals surface area contributed by atoms with Crippen LogP contribution >= 0.6 is 22.9 Å². The Hall–Kier alpha value is -0.0800. The molecule has 0 N–H and O–H groups in total. The van der Waals surface area contributed by atoms with Gasteiger partial charge in [-0.3, -0.25) is 0 Å².